The lowest BCUT2D eigenvalue weighted by atomic mass is 10.0. The number of nitrogens with zero attached hydrogens (tertiary/aromatic N) is 1. The van der Waals surface area contributed by atoms with Crippen LogP contribution in [0.5, 0.6) is 5.75 Å². The molecule has 6 N–H and O–H groups in total. The van der Waals surface area contributed by atoms with E-state index in [2.05, 4.69) is 25.8 Å². The Morgan fingerprint density at radius 2 is 1.69 bits per heavy atom. The number of unbranched alkanes of at least 4 members (excludes halogenated alkanes) is 2. The van der Waals surface area contributed by atoms with Crippen LogP contribution in [0.4, 0.5) is 10.5 Å². The van der Waals surface area contributed by atoms with Crippen LogP contribution in [-0.4, -0.2) is 77.5 Å². The molecule has 0 unspecified atom stereocenters. The molecule has 1 aromatic heterocycles. The van der Waals surface area contributed by atoms with Crippen LogP contribution in [-0.2, 0) is 9.53 Å². The van der Waals surface area contributed by atoms with Gasteiger partial charge in [-0.05, 0) is 61.6 Å². The Hall–Kier alpha value is -4.71. The number of phenols is 1. The minimum absolute atomic E-state index is 0.0361. The van der Waals surface area contributed by atoms with Crippen molar-refractivity contribution >= 4 is 28.6 Å². The molecule has 1 atom stereocenters. The second-order valence-corrected chi connectivity index (χ2v) is 12.1. The van der Waals surface area contributed by atoms with Gasteiger partial charge in [-0.15, -0.1) is 0 Å². The van der Waals surface area contributed by atoms with Crippen LogP contribution in [0.15, 0.2) is 83.7 Å². The zero-order chi connectivity index (χ0) is 33.7. The molecule has 1 aliphatic rings. The van der Waals surface area contributed by atoms with Crippen LogP contribution in [0.1, 0.15) is 50.2 Å². The Morgan fingerprint density at radius 3 is 2.50 bits per heavy atom. The summed E-state index contributed by atoms with van der Waals surface area (Å²) in [5, 5.41) is 30.5. The highest BCUT2D eigenvalue weighted by Crippen LogP contribution is 2.29. The molecule has 2 amide bonds. The number of ether oxygens (including phenoxy) is 1. The number of anilines is 1. The first-order valence-corrected chi connectivity index (χ1v) is 16.7. The van der Waals surface area contributed by atoms with Crippen LogP contribution < -0.4 is 21.5 Å². The van der Waals surface area contributed by atoms with Crippen molar-refractivity contribution in [3.63, 3.8) is 0 Å². The fourth-order valence-electron chi connectivity index (χ4n) is 6.06. The minimum Gasteiger partial charge on any atom is -0.506 e. The number of piperidine rings is 1. The Balaban J connectivity index is 0.898. The molecule has 1 saturated heterocycles. The van der Waals surface area contributed by atoms with Gasteiger partial charge in [-0.1, -0.05) is 61.0 Å². The molecule has 0 aliphatic carbocycles. The zero-order valence-electron chi connectivity index (χ0n) is 27.1. The molecule has 11 nitrogen and oxygen atoms in total. The first-order chi connectivity index (χ1) is 23.4. The quantitative estimate of drug-likeness (QED) is 0.0987. The normalized spacial score (nSPS) is 14.4. The summed E-state index contributed by atoms with van der Waals surface area (Å²) < 4.78 is 5.73. The number of carbonyl (C=O) groups is 2. The molecule has 1 aliphatic heterocycles. The molecule has 5 rings (SSSR count). The SMILES string of the molecule is O=C(CCCCCNC[C@@H](O)c1ccc(O)c2[nH]c(=O)ccc12)NCCN1CCC(OC(=O)Nc2ccccc2-c2ccccc2)CC1. The van der Waals surface area contributed by atoms with Gasteiger partial charge in [0.05, 0.1) is 17.3 Å². The number of H-pyrrole nitrogens is 1. The molecule has 0 bridgehead atoms. The van der Waals surface area contributed by atoms with Crippen molar-refractivity contribution < 1.29 is 24.5 Å². The fraction of sp³-hybridized carbons (Fsp3) is 0.378. The summed E-state index contributed by atoms with van der Waals surface area (Å²) in [5.41, 5.74) is 3.32. The summed E-state index contributed by atoms with van der Waals surface area (Å²) in [6.07, 6.45) is 3.13. The Kier molecular flexibility index (Phi) is 12.6. The third-order valence-corrected chi connectivity index (χ3v) is 8.67. The summed E-state index contributed by atoms with van der Waals surface area (Å²) in [6, 6.07) is 23.7. The average molecular weight is 656 g/mol. The first kappa shape index (κ1) is 34.6. The van der Waals surface area contributed by atoms with Gasteiger partial charge in [0.2, 0.25) is 11.5 Å². The monoisotopic (exact) mass is 655 g/mol. The molecule has 11 heteroatoms. The molecule has 3 aromatic carbocycles. The fourth-order valence-corrected chi connectivity index (χ4v) is 6.06. The number of para-hydroxylation sites is 1. The highest BCUT2D eigenvalue weighted by atomic mass is 16.6. The maximum atomic E-state index is 12.7. The lowest BCUT2D eigenvalue weighted by Gasteiger charge is -2.31. The van der Waals surface area contributed by atoms with Crippen molar-refractivity contribution in [3.8, 4) is 16.9 Å². The smallest absolute Gasteiger partial charge is 0.411 e. The number of aromatic hydroxyl groups is 1. The van der Waals surface area contributed by atoms with Gasteiger partial charge in [0.15, 0.2) is 0 Å². The van der Waals surface area contributed by atoms with Crippen molar-refractivity contribution in [1.29, 1.82) is 0 Å². The predicted octanol–water partition coefficient (Wildman–Crippen LogP) is 4.91. The molecule has 4 aromatic rings. The van der Waals surface area contributed by atoms with E-state index in [4.69, 9.17) is 4.74 Å². The van der Waals surface area contributed by atoms with E-state index in [-0.39, 0.29) is 23.3 Å². The number of likely N-dealkylation sites (tertiary alicyclic amines) is 1. The zero-order valence-corrected chi connectivity index (χ0v) is 27.1. The van der Waals surface area contributed by atoms with Gasteiger partial charge in [0, 0.05) is 56.2 Å². The highest BCUT2D eigenvalue weighted by Gasteiger charge is 2.23. The highest BCUT2D eigenvalue weighted by molar-refractivity contribution is 5.91. The molecule has 0 radical (unpaired) electrons. The number of aliphatic hydroxyl groups is 1. The number of phenolic OH excluding ortho intramolecular Hbond substituents is 1. The Morgan fingerprint density at radius 1 is 0.917 bits per heavy atom. The molecular weight excluding hydrogens is 610 g/mol. The van der Waals surface area contributed by atoms with Gasteiger partial charge in [0.1, 0.15) is 11.9 Å². The van der Waals surface area contributed by atoms with E-state index in [0.29, 0.717) is 42.5 Å². The molecule has 254 valence electrons. The summed E-state index contributed by atoms with van der Waals surface area (Å²) >= 11 is 0. The van der Waals surface area contributed by atoms with Gasteiger partial charge >= 0.3 is 6.09 Å². The number of carbonyl (C=O) groups excluding carboxylic acids is 2. The number of aliphatic hydroxyl groups excluding tert-OH is 1. The van der Waals surface area contributed by atoms with E-state index in [9.17, 15) is 24.6 Å². The molecule has 48 heavy (non-hydrogen) atoms. The Labute approximate surface area is 280 Å². The number of aromatic nitrogens is 1. The first-order valence-electron chi connectivity index (χ1n) is 16.7. The van der Waals surface area contributed by atoms with Crippen LogP contribution in [0.2, 0.25) is 0 Å². The molecular formula is C37H45N5O6. The van der Waals surface area contributed by atoms with Gasteiger partial charge < -0.3 is 35.5 Å². The van der Waals surface area contributed by atoms with Crippen molar-refractivity contribution in [2.75, 3.05) is 44.6 Å². The molecule has 2 heterocycles. The van der Waals surface area contributed by atoms with Crippen LogP contribution >= 0.6 is 0 Å². The number of aromatic amines is 1. The van der Waals surface area contributed by atoms with E-state index < -0.39 is 12.2 Å². The predicted molar refractivity (Wildman–Crippen MR) is 187 cm³/mol. The van der Waals surface area contributed by atoms with Crippen molar-refractivity contribution in [2.24, 2.45) is 0 Å². The van der Waals surface area contributed by atoms with Crippen molar-refractivity contribution in [2.45, 2.75) is 50.7 Å². The number of amides is 2. The second-order valence-electron chi connectivity index (χ2n) is 12.1. The molecule has 1 fully saturated rings. The van der Waals surface area contributed by atoms with Gasteiger partial charge in [-0.3, -0.25) is 14.9 Å². The van der Waals surface area contributed by atoms with Crippen LogP contribution in [0.3, 0.4) is 0 Å². The number of rotatable bonds is 15. The number of hydrogen-bond donors (Lipinski definition) is 6. The Bertz CT molecular complexity index is 1700. The number of benzene rings is 3. The second kappa shape index (κ2) is 17.4. The topological polar surface area (TPSA) is 156 Å². The maximum absolute atomic E-state index is 12.7. The number of hydrogen-bond acceptors (Lipinski definition) is 8. The summed E-state index contributed by atoms with van der Waals surface area (Å²) in [5.74, 6) is 0.00680. The van der Waals surface area contributed by atoms with Crippen molar-refractivity contribution in [3.05, 3.63) is 94.8 Å². The lowest BCUT2D eigenvalue weighted by molar-refractivity contribution is -0.121. The lowest BCUT2D eigenvalue weighted by Crippen LogP contribution is -2.42. The summed E-state index contributed by atoms with van der Waals surface area (Å²) in [4.78, 5) is 41.5. The largest absolute Gasteiger partial charge is 0.506 e. The maximum Gasteiger partial charge on any atom is 0.411 e. The van der Waals surface area contributed by atoms with Gasteiger partial charge in [-0.25, -0.2) is 4.79 Å². The van der Waals surface area contributed by atoms with E-state index in [0.717, 1.165) is 68.6 Å². The summed E-state index contributed by atoms with van der Waals surface area (Å²) in [7, 11) is 0. The van der Waals surface area contributed by atoms with E-state index in [1.807, 2.05) is 54.6 Å². The van der Waals surface area contributed by atoms with Crippen LogP contribution in [0.25, 0.3) is 22.0 Å². The van der Waals surface area contributed by atoms with Gasteiger partial charge in [-0.2, -0.15) is 0 Å². The number of pyridine rings is 1. The minimum atomic E-state index is -0.795. The van der Waals surface area contributed by atoms with Crippen LogP contribution in [0, 0.1) is 0 Å². The van der Waals surface area contributed by atoms with E-state index >= 15 is 0 Å². The van der Waals surface area contributed by atoms with Gasteiger partial charge in [0.25, 0.3) is 0 Å². The number of nitrogens with one attached hydrogen (secondary N) is 4. The number of fused-ring (bicyclic) bond motifs is 1. The van der Waals surface area contributed by atoms with Crippen molar-refractivity contribution in [1.82, 2.24) is 20.5 Å². The third kappa shape index (κ3) is 9.90. The summed E-state index contributed by atoms with van der Waals surface area (Å²) in [6.45, 7) is 3.98. The third-order valence-electron chi connectivity index (χ3n) is 8.67. The van der Waals surface area contributed by atoms with E-state index in [1.54, 1.807) is 12.1 Å². The molecule has 0 spiro atoms. The van der Waals surface area contributed by atoms with E-state index in [1.165, 1.54) is 12.1 Å². The molecule has 0 saturated carbocycles. The standard InChI is InChI=1S/C37H45N5O6/c43-32-16-14-29(30-15-17-35(46)41-36(30)32)33(44)25-38-20-8-2-5-13-34(45)39-21-24-42-22-18-27(19-23-42)48-37(47)40-31-12-7-6-11-28(31)26-9-3-1-4-10-26/h1,3-4,6-7,9-12,14-17,27,33,38,43-44H,2,5,8,13,18-25H2,(H,39,45)(H,40,47)(H,41,46)/t33-/m1/s1. The average Bonchev–Trinajstić information content (AvgIpc) is 3.09.